The van der Waals surface area contributed by atoms with E-state index in [4.69, 9.17) is 22.1 Å². The molecule has 0 fully saturated rings. The summed E-state index contributed by atoms with van der Waals surface area (Å²) in [5.41, 5.74) is 6.62. The van der Waals surface area contributed by atoms with Crippen LogP contribution in [0.1, 0.15) is 33.6 Å². The minimum atomic E-state index is -0.577. The second-order valence-electron chi connectivity index (χ2n) is 5.99. The molecular weight excluding hydrogens is 394 g/mol. The number of primary amides is 1. The highest BCUT2D eigenvalue weighted by molar-refractivity contribution is 7.17. The standard InChI is InChI=1S/C17H16ClN3O5S/c18-11-7-9(21(24)25)5-6-12(11)26-8-14(22)20-17-15(16(19)23)10-3-1-2-4-13(10)27-17/h5-7H,1-4,8H2,(H2,19,23)(H,20,22). The van der Waals surface area contributed by atoms with Gasteiger partial charge in [0.1, 0.15) is 10.8 Å². The molecule has 1 heterocycles. The number of hydrogen-bond acceptors (Lipinski definition) is 6. The number of nitrogens with two attached hydrogens (primary N) is 1. The SMILES string of the molecule is NC(=O)c1c(NC(=O)COc2ccc([N+](=O)[O-])cc2Cl)sc2c1CCCC2. The van der Waals surface area contributed by atoms with E-state index in [0.29, 0.717) is 10.6 Å². The zero-order valence-electron chi connectivity index (χ0n) is 14.1. The van der Waals surface area contributed by atoms with Crippen molar-refractivity contribution in [3.63, 3.8) is 0 Å². The van der Waals surface area contributed by atoms with Crippen molar-refractivity contribution in [1.29, 1.82) is 0 Å². The molecule has 1 aliphatic carbocycles. The maximum atomic E-state index is 12.2. The molecule has 0 saturated carbocycles. The fraction of sp³-hybridized carbons (Fsp3) is 0.294. The molecule has 0 bridgehead atoms. The van der Waals surface area contributed by atoms with Crippen LogP contribution in [0.4, 0.5) is 10.7 Å². The lowest BCUT2D eigenvalue weighted by molar-refractivity contribution is -0.384. The van der Waals surface area contributed by atoms with Crippen LogP contribution in [0.25, 0.3) is 0 Å². The first-order valence-corrected chi connectivity index (χ1v) is 9.37. The maximum absolute atomic E-state index is 12.2. The Balaban J connectivity index is 1.69. The lowest BCUT2D eigenvalue weighted by atomic mass is 9.95. The number of aryl methyl sites for hydroxylation is 1. The van der Waals surface area contributed by atoms with Gasteiger partial charge in [0.2, 0.25) is 0 Å². The molecule has 0 saturated heterocycles. The highest BCUT2D eigenvalue weighted by atomic mass is 35.5. The average Bonchev–Trinajstić information content (AvgIpc) is 2.98. The van der Waals surface area contributed by atoms with E-state index >= 15 is 0 Å². The van der Waals surface area contributed by atoms with Crippen molar-refractivity contribution in [3.8, 4) is 5.75 Å². The van der Waals surface area contributed by atoms with Crippen LogP contribution >= 0.6 is 22.9 Å². The molecule has 3 rings (SSSR count). The smallest absolute Gasteiger partial charge is 0.271 e. The zero-order valence-corrected chi connectivity index (χ0v) is 15.7. The number of nitrogens with one attached hydrogen (secondary N) is 1. The summed E-state index contributed by atoms with van der Waals surface area (Å²) in [6.07, 6.45) is 3.67. The molecule has 0 unspecified atom stereocenters. The number of nitrogens with zero attached hydrogens (tertiary/aromatic N) is 1. The topological polar surface area (TPSA) is 125 Å². The van der Waals surface area contributed by atoms with Gasteiger partial charge in [-0.2, -0.15) is 0 Å². The molecule has 0 atom stereocenters. The van der Waals surface area contributed by atoms with Gasteiger partial charge in [0.15, 0.2) is 6.61 Å². The van der Waals surface area contributed by atoms with Crippen LogP contribution < -0.4 is 15.8 Å². The van der Waals surface area contributed by atoms with Crippen molar-refractivity contribution in [2.45, 2.75) is 25.7 Å². The Bertz CT molecular complexity index is 928. The third kappa shape index (κ3) is 4.20. The molecule has 0 aliphatic heterocycles. The molecular formula is C17H16ClN3O5S. The highest BCUT2D eigenvalue weighted by Crippen LogP contribution is 2.38. The van der Waals surface area contributed by atoms with E-state index in [1.54, 1.807) is 0 Å². The number of thiophene rings is 1. The normalized spacial score (nSPS) is 12.9. The Morgan fingerprint density at radius 3 is 2.74 bits per heavy atom. The van der Waals surface area contributed by atoms with Crippen LogP contribution in [0.5, 0.6) is 5.75 Å². The van der Waals surface area contributed by atoms with Crippen molar-refractivity contribution in [1.82, 2.24) is 0 Å². The number of hydrogen-bond donors (Lipinski definition) is 2. The minimum Gasteiger partial charge on any atom is -0.482 e. The number of non-ortho nitro benzene ring substituents is 1. The van der Waals surface area contributed by atoms with Crippen LogP contribution in [0.3, 0.4) is 0 Å². The van der Waals surface area contributed by atoms with Gasteiger partial charge < -0.3 is 15.8 Å². The van der Waals surface area contributed by atoms with Crippen molar-refractivity contribution < 1.29 is 19.2 Å². The van der Waals surface area contributed by atoms with Crippen molar-refractivity contribution in [3.05, 3.63) is 49.3 Å². The summed E-state index contributed by atoms with van der Waals surface area (Å²) in [7, 11) is 0. The summed E-state index contributed by atoms with van der Waals surface area (Å²) in [6, 6.07) is 3.71. The summed E-state index contributed by atoms with van der Waals surface area (Å²) < 4.78 is 5.33. The third-order valence-electron chi connectivity index (χ3n) is 4.16. The summed E-state index contributed by atoms with van der Waals surface area (Å²) in [5, 5.41) is 13.8. The highest BCUT2D eigenvalue weighted by Gasteiger charge is 2.25. The van der Waals surface area contributed by atoms with E-state index < -0.39 is 16.7 Å². The fourth-order valence-electron chi connectivity index (χ4n) is 2.94. The third-order valence-corrected chi connectivity index (χ3v) is 5.66. The van der Waals surface area contributed by atoms with E-state index in [-0.39, 0.29) is 23.1 Å². The first-order chi connectivity index (χ1) is 12.9. The lowest BCUT2D eigenvalue weighted by Crippen LogP contribution is -2.22. The van der Waals surface area contributed by atoms with E-state index in [9.17, 15) is 19.7 Å². The van der Waals surface area contributed by atoms with Crippen LogP contribution in [0.2, 0.25) is 5.02 Å². The first kappa shape index (κ1) is 19.1. The second kappa shape index (κ2) is 7.93. The minimum absolute atomic E-state index is 0.0291. The molecule has 1 aliphatic rings. The van der Waals surface area contributed by atoms with Gasteiger partial charge in [-0.1, -0.05) is 11.6 Å². The summed E-state index contributed by atoms with van der Waals surface area (Å²) >= 11 is 7.29. The molecule has 3 N–H and O–H groups in total. The molecule has 142 valence electrons. The van der Waals surface area contributed by atoms with Gasteiger partial charge in [-0.15, -0.1) is 11.3 Å². The number of ether oxygens (including phenoxy) is 1. The number of amides is 2. The van der Waals surface area contributed by atoms with Gasteiger partial charge >= 0.3 is 0 Å². The summed E-state index contributed by atoms with van der Waals surface area (Å²) in [6.45, 7) is -0.363. The molecule has 27 heavy (non-hydrogen) atoms. The average molecular weight is 410 g/mol. The monoisotopic (exact) mass is 409 g/mol. The van der Waals surface area contributed by atoms with E-state index in [0.717, 1.165) is 42.2 Å². The number of halogens is 1. The largest absolute Gasteiger partial charge is 0.482 e. The van der Waals surface area contributed by atoms with Crippen LogP contribution in [0.15, 0.2) is 18.2 Å². The number of anilines is 1. The number of nitro groups is 1. The predicted molar refractivity (Wildman–Crippen MR) is 102 cm³/mol. The molecule has 1 aromatic carbocycles. The van der Waals surface area contributed by atoms with Crippen LogP contribution in [0, 0.1) is 10.1 Å². The molecule has 1 aromatic heterocycles. The number of rotatable bonds is 6. The van der Waals surface area contributed by atoms with Crippen LogP contribution in [-0.4, -0.2) is 23.3 Å². The second-order valence-corrected chi connectivity index (χ2v) is 7.50. The van der Waals surface area contributed by atoms with E-state index in [2.05, 4.69) is 5.32 Å². The fourth-order valence-corrected chi connectivity index (χ4v) is 4.48. The number of carbonyl (C=O) groups is 2. The number of carbonyl (C=O) groups excluding carboxylic acids is 2. The van der Waals surface area contributed by atoms with Gasteiger partial charge in [-0.25, -0.2) is 0 Å². The number of benzene rings is 1. The molecule has 10 heteroatoms. The quantitative estimate of drug-likeness (QED) is 0.559. The van der Waals surface area contributed by atoms with Gasteiger partial charge in [0.05, 0.1) is 15.5 Å². The Morgan fingerprint density at radius 1 is 1.33 bits per heavy atom. The Morgan fingerprint density at radius 2 is 2.07 bits per heavy atom. The van der Waals surface area contributed by atoms with Gasteiger partial charge in [0.25, 0.3) is 17.5 Å². The van der Waals surface area contributed by atoms with Crippen molar-refractivity contribution >= 4 is 45.4 Å². The number of fused-ring (bicyclic) bond motifs is 1. The zero-order chi connectivity index (χ0) is 19.6. The Labute approximate surface area is 163 Å². The van der Waals surface area contributed by atoms with Crippen molar-refractivity contribution in [2.75, 3.05) is 11.9 Å². The van der Waals surface area contributed by atoms with Gasteiger partial charge in [-0.05, 0) is 37.3 Å². The predicted octanol–water partition coefficient (Wildman–Crippen LogP) is 3.30. The maximum Gasteiger partial charge on any atom is 0.271 e. The molecule has 2 aromatic rings. The van der Waals surface area contributed by atoms with Gasteiger partial charge in [-0.3, -0.25) is 19.7 Å². The van der Waals surface area contributed by atoms with Crippen LogP contribution in [-0.2, 0) is 17.6 Å². The lowest BCUT2D eigenvalue weighted by Gasteiger charge is -2.11. The van der Waals surface area contributed by atoms with Gasteiger partial charge in [0, 0.05) is 17.0 Å². The number of nitro benzene ring substituents is 1. The Kier molecular flexibility index (Phi) is 5.62. The summed E-state index contributed by atoms with van der Waals surface area (Å²) in [5.74, 6) is -0.896. The van der Waals surface area contributed by atoms with E-state index in [1.165, 1.54) is 23.5 Å². The van der Waals surface area contributed by atoms with Crippen molar-refractivity contribution in [2.24, 2.45) is 5.73 Å². The summed E-state index contributed by atoms with van der Waals surface area (Å²) in [4.78, 5) is 35.3. The molecule has 0 spiro atoms. The first-order valence-electron chi connectivity index (χ1n) is 8.17. The molecule has 0 radical (unpaired) electrons. The Hall–Kier alpha value is -2.65. The molecule has 8 nitrogen and oxygen atoms in total. The molecule has 2 amide bonds. The van der Waals surface area contributed by atoms with E-state index in [1.807, 2.05) is 0 Å².